The molecular formula is C27H35N5O6. The number of carbonyl (C=O) groups excluding carboxylic acids is 3. The van der Waals surface area contributed by atoms with Gasteiger partial charge in [-0.05, 0) is 43.4 Å². The average molecular weight is 526 g/mol. The number of hydrogen-bond donors (Lipinski definition) is 4. The Kier molecular flexibility index (Phi) is 10.9. The molecule has 11 heteroatoms. The molecule has 0 saturated carbocycles. The lowest BCUT2D eigenvalue weighted by Crippen LogP contribution is -2.50. The number of benzene rings is 1. The number of nitrogens with one attached hydrogen (secondary N) is 3. The Bertz CT molecular complexity index is 1090. The first-order valence-electron chi connectivity index (χ1n) is 12.7. The van der Waals surface area contributed by atoms with Crippen molar-refractivity contribution < 1.29 is 29.0 Å². The van der Waals surface area contributed by atoms with Crippen molar-refractivity contribution in [3.63, 3.8) is 0 Å². The lowest BCUT2D eigenvalue weighted by molar-refractivity contribution is -0.140. The third-order valence-electron chi connectivity index (χ3n) is 6.37. The van der Waals surface area contributed by atoms with Crippen LogP contribution in [-0.4, -0.2) is 71.1 Å². The van der Waals surface area contributed by atoms with Crippen molar-refractivity contribution in [1.29, 1.82) is 0 Å². The van der Waals surface area contributed by atoms with Crippen LogP contribution in [0.15, 0.2) is 48.7 Å². The Balaban J connectivity index is 1.33. The maximum Gasteiger partial charge on any atom is 0.408 e. The van der Waals surface area contributed by atoms with Crippen molar-refractivity contribution in [3.05, 3.63) is 59.8 Å². The quantitative estimate of drug-likeness (QED) is 0.308. The van der Waals surface area contributed by atoms with E-state index in [0.29, 0.717) is 45.3 Å². The highest BCUT2D eigenvalue weighted by Gasteiger charge is 2.28. The third kappa shape index (κ3) is 9.06. The van der Waals surface area contributed by atoms with Crippen LogP contribution in [-0.2, 0) is 25.7 Å². The molecule has 1 aromatic heterocycles. The van der Waals surface area contributed by atoms with Crippen LogP contribution in [0.4, 0.5) is 10.6 Å². The summed E-state index contributed by atoms with van der Waals surface area (Å²) in [7, 11) is 0. The average Bonchev–Trinajstić information content (AvgIpc) is 2.93. The molecular weight excluding hydrogens is 490 g/mol. The number of carboxylic acid groups (broad SMARTS) is 1. The molecule has 0 spiro atoms. The number of likely N-dealkylation sites (tertiary alicyclic amines) is 1. The van der Waals surface area contributed by atoms with Crippen LogP contribution in [0.1, 0.15) is 36.8 Å². The monoisotopic (exact) mass is 525 g/mol. The second-order valence-electron chi connectivity index (χ2n) is 9.20. The highest BCUT2D eigenvalue weighted by atomic mass is 16.5. The van der Waals surface area contributed by atoms with Crippen LogP contribution < -0.4 is 16.0 Å². The minimum absolute atomic E-state index is 0.00306. The predicted octanol–water partition coefficient (Wildman–Crippen LogP) is 2.32. The smallest absolute Gasteiger partial charge is 0.408 e. The maximum absolute atomic E-state index is 12.6. The summed E-state index contributed by atoms with van der Waals surface area (Å²) in [6, 6.07) is 11.5. The van der Waals surface area contributed by atoms with Gasteiger partial charge in [0.25, 0.3) is 0 Å². The van der Waals surface area contributed by atoms with Crippen LogP contribution in [0, 0.1) is 12.8 Å². The standard InChI is InChI=1S/C27H35N5O6/c1-19-7-5-13-28-24(19)29-14-6-10-23(33)32-15-11-21(12-16-32)25(34)30-17-22(26(35)36)31-27(37)38-18-20-8-3-2-4-9-20/h2-5,7-9,13,21-22H,6,10-12,14-18H2,1H3,(H,28,29)(H,30,34)(H,31,37)(H,35,36)/t22-/m0/s1. The maximum atomic E-state index is 12.6. The molecule has 1 saturated heterocycles. The van der Waals surface area contributed by atoms with E-state index < -0.39 is 18.1 Å². The van der Waals surface area contributed by atoms with Crippen LogP contribution in [0.3, 0.4) is 0 Å². The van der Waals surface area contributed by atoms with Crippen LogP contribution >= 0.6 is 0 Å². The third-order valence-corrected chi connectivity index (χ3v) is 6.37. The van der Waals surface area contributed by atoms with Crippen molar-refractivity contribution >= 4 is 29.7 Å². The van der Waals surface area contributed by atoms with E-state index in [1.165, 1.54) is 0 Å². The number of amides is 3. The van der Waals surface area contributed by atoms with Crippen molar-refractivity contribution in [2.45, 2.75) is 45.3 Å². The fraction of sp³-hybridized carbons (Fsp3) is 0.444. The molecule has 0 aliphatic carbocycles. The van der Waals surface area contributed by atoms with Crippen molar-refractivity contribution in [2.24, 2.45) is 5.92 Å². The molecule has 11 nitrogen and oxygen atoms in total. The van der Waals surface area contributed by atoms with E-state index >= 15 is 0 Å². The summed E-state index contributed by atoms with van der Waals surface area (Å²) >= 11 is 0. The lowest BCUT2D eigenvalue weighted by atomic mass is 9.95. The molecule has 2 heterocycles. The minimum atomic E-state index is -1.33. The van der Waals surface area contributed by atoms with E-state index in [-0.39, 0.29) is 30.9 Å². The SMILES string of the molecule is Cc1cccnc1NCCCC(=O)N1CCC(C(=O)NC[C@H](NC(=O)OCc2ccccc2)C(=O)O)CC1. The number of aliphatic carboxylic acids is 1. The van der Waals surface area contributed by atoms with Gasteiger partial charge in [0.05, 0.1) is 0 Å². The molecule has 1 fully saturated rings. The summed E-state index contributed by atoms with van der Waals surface area (Å²) in [5.41, 5.74) is 1.82. The number of alkyl carbamates (subject to hydrolysis) is 1. The lowest BCUT2D eigenvalue weighted by Gasteiger charge is -2.31. The molecule has 2 aromatic rings. The van der Waals surface area contributed by atoms with Gasteiger partial charge in [0.2, 0.25) is 11.8 Å². The second-order valence-corrected chi connectivity index (χ2v) is 9.20. The molecule has 0 unspecified atom stereocenters. The van der Waals surface area contributed by atoms with Gasteiger partial charge in [-0.25, -0.2) is 14.6 Å². The Morgan fingerprint density at radius 3 is 2.53 bits per heavy atom. The van der Waals surface area contributed by atoms with E-state index in [9.17, 15) is 24.3 Å². The Morgan fingerprint density at radius 2 is 1.84 bits per heavy atom. The number of ether oxygens (including phenoxy) is 1. The van der Waals surface area contributed by atoms with Crippen molar-refractivity contribution in [1.82, 2.24) is 20.5 Å². The van der Waals surface area contributed by atoms with E-state index in [0.717, 1.165) is 16.9 Å². The number of nitrogens with zero attached hydrogens (tertiary/aromatic N) is 2. The van der Waals surface area contributed by atoms with E-state index in [2.05, 4.69) is 20.9 Å². The van der Waals surface area contributed by atoms with Gasteiger partial charge in [-0.3, -0.25) is 9.59 Å². The van der Waals surface area contributed by atoms with Gasteiger partial charge in [-0.15, -0.1) is 0 Å². The highest BCUT2D eigenvalue weighted by molar-refractivity contribution is 5.83. The van der Waals surface area contributed by atoms with E-state index in [4.69, 9.17) is 4.74 Å². The second kappa shape index (κ2) is 14.6. The normalized spacial score (nSPS) is 14.3. The van der Waals surface area contributed by atoms with Gasteiger partial charge in [-0.2, -0.15) is 0 Å². The van der Waals surface area contributed by atoms with E-state index in [1.807, 2.05) is 25.1 Å². The molecule has 1 aliphatic heterocycles. The molecule has 1 aromatic carbocycles. The number of aromatic nitrogens is 1. The summed E-state index contributed by atoms with van der Waals surface area (Å²) in [6.07, 6.45) is 2.91. The zero-order chi connectivity index (χ0) is 27.3. The number of aryl methyl sites for hydroxylation is 1. The first kappa shape index (κ1) is 28.4. The molecule has 204 valence electrons. The Hall–Kier alpha value is -4.15. The number of anilines is 1. The van der Waals surface area contributed by atoms with Gasteiger partial charge < -0.3 is 30.7 Å². The summed E-state index contributed by atoms with van der Waals surface area (Å²) < 4.78 is 5.06. The van der Waals surface area contributed by atoms with Crippen LogP contribution in [0.5, 0.6) is 0 Å². The molecule has 38 heavy (non-hydrogen) atoms. The predicted molar refractivity (Wildman–Crippen MR) is 140 cm³/mol. The van der Waals surface area contributed by atoms with Gasteiger partial charge >= 0.3 is 12.1 Å². The van der Waals surface area contributed by atoms with Gasteiger partial charge in [0.1, 0.15) is 18.5 Å². The molecule has 0 radical (unpaired) electrons. The first-order chi connectivity index (χ1) is 18.3. The summed E-state index contributed by atoms with van der Waals surface area (Å²) in [6.45, 7) is 3.28. The van der Waals surface area contributed by atoms with Crippen LogP contribution in [0.2, 0.25) is 0 Å². The van der Waals surface area contributed by atoms with Crippen molar-refractivity contribution in [2.75, 3.05) is 31.5 Å². The fourth-order valence-electron chi connectivity index (χ4n) is 4.12. The number of carboxylic acids is 1. The Morgan fingerprint density at radius 1 is 1.11 bits per heavy atom. The number of carbonyl (C=O) groups is 4. The van der Waals surface area contributed by atoms with Crippen molar-refractivity contribution in [3.8, 4) is 0 Å². The molecule has 0 bridgehead atoms. The summed E-state index contributed by atoms with van der Waals surface area (Å²) in [5.74, 6) is -1.04. The fourth-order valence-corrected chi connectivity index (χ4v) is 4.12. The highest BCUT2D eigenvalue weighted by Crippen LogP contribution is 2.18. The topological polar surface area (TPSA) is 150 Å². The minimum Gasteiger partial charge on any atom is -0.480 e. The van der Waals surface area contributed by atoms with Gasteiger partial charge in [-0.1, -0.05) is 36.4 Å². The summed E-state index contributed by atoms with van der Waals surface area (Å²) in [5, 5.41) is 17.5. The molecule has 3 amide bonds. The number of rotatable bonds is 12. The molecule has 1 aliphatic rings. The van der Waals surface area contributed by atoms with Gasteiger partial charge in [0, 0.05) is 44.7 Å². The first-order valence-corrected chi connectivity index (χ1v) is 12.7. The van der Waals surface area contributed by atoms with E-state index in [1.54, 1.807) is 35.4 Å². The molecule has 3 rings (SSSR count). The number of hydrogen-bond acceptors (Lipinski definition) is 7. The van der Waals surface area contributed by atoms with Gasteiger partial charge in [0.15, 0.2) is 0 Å². The number of pyridine rings is 1. The Labute approximate surface area is 222 Å². The number of piperidine rings is 1. The van der Waals surface area contributed by atoms with Crippen LogP contribution in [0.25, 0.3) is 0 Å². The summed E-state index contributed by atoms with van der Waals surface area (Å²) in [4.78, 5) is 54.8. The zero-order valence-corrected chi connectivity index (χ0v) is 21.5. The molecule has 1 atom stereocenters. The zero-order valence-electron chi connectivity index (χ0n) is 21.5. The molecule has 4 N–H and O–H groups in total. The largest absolute Gasteiger partial charge is 0.480 e.